The highest BCUT2D eigenvalue weighted by molar-refractivity contribution is 6.33. The Morgan fingerprint density at radius 3 is 2.74 bits per heavy atom. The summed E-state index contributed by atoms with van der Waals surface area (Å²) in [4.78, 5) is 21.5. The topological polar surface area (TPSA) is 126 Å². The summed E-state index contributed by atoms with van der Waals surface area (Å²) >= 11 is 6.29. The van der Waals surface area contributed by atoms with E-state index < -0.39 is 11.4 Å². The zero-order valence-corrected chi connectivity index (χ0v) is 19.5. The number of anilines is 1. The van der Waals surface area contributed by atoms with Crippen LogP contribution in [0.15, 0.2) is 47.7 Å². The van der Waals surface area contributed by atoms with Crippen LogP contribution in [-0.2, 0) is 0 Å². The number of nitrogens with two attached hydrogens (primary N) is 1. The number of halogens is 2. The fourth-order valence-electron chi connectivity index (χ4n) is 4.04. The van der Waals surface area contributed by atoms with Crippen molar-refractivity contribution in [3.63, 3.8) is 0 Å². The van der Waals surface area contributed by atoms with Crippen LogP contribution in [0, 0.1) is 5.82 Å². The van der Waals surface area contributed by atoms with E-state index in [1.165, 1.54) is 25.3 Å². The quantitative estimate of drug-likeness (QED) is 0.432. The van der Waals surface area contributed by atoms with Gasteiger partial charge in [0.25, 0.3) is 5.56 Å². The molecule has 3 N–H and O–H groups in total. The standard InChI is InChI=1S/C23H22ClFN8O2/c1-35-18-4-2-15(25)22(20(18)24)33-19(34)5-3-16(31-33)21-23(26)28-11-17(30-21)13-10-29-32(12-13)14-6-8-27-9-7-14/h2-5,10-12,14,27H,6-9H2,1H3,(H2,26,28). The number of rotatable bonds is 5. The average Bonchev–Trinajstić information content (AvgIpc) is 3.37. The van der Waals surface area contributed by atoms with Crippen molar-refractivity contribution >= 4 is 17.4 Å². The fourth-order valence-corrected chi connectivity index (χ4v) is 4.35. The van der Waals surface area contributed by atoms with E-state index in [4.69, 9.17) is 22.1 Å². The van der Waals surface area contributed by atoms with Gasteiger partial charge in [-0.15, -0.1) is 0 Å². The summed E-state index contributed by atoms with van der Waals surface area (Å²) in [6.07, 6.45) is 7.20. The molecule has 4 heterocycles. The van der Waals surface area contributed by atoms with Gasteiger partial charge < -0.3 is 15.8 Å². The van der Waals surface area contributed by atoms with Crippen molar-refractivity contribution in [3.05, 3.63) is 64.0 Å². The Hall–Kier alpha value is -3.83. The van der Waals surface area contributed by atoms with Crippen LogP contribution < -0.4 is 21.3 Å². The highest BCUT2D eigenvalue weighted by Crippen LogP contribution is 2.32. The van der Waals surface area contributed by atoms with Gasteiger partial charge in [0.05, 0.1) is 31.2 Å². The summed E-state index contributed by atoms with van der Waals surface area (Å²) in [5.41, 5.74) is 7.06. The molecule has 3 aromatic heterocycles. The number of aromatic nitrogens is 6. The monoisotopic (exact) mass is 496 g/mol. The Balaban J connectivity index is 1.55. The van der Waals surface area contributed by atoms with Gasteiger partial charge in [0.1, 0.15) is 27.8 Å². The molecule has 1 aliphatic heterocycles. The zero-order chi connectivity index (χ0) is 24.5. The normalized spacial score (nSPS) is 14.3. The molecule has 12 heteroatoms. The number of hydrogen-bond acceptors (Lipinski definition) is 8. The van der Waals surface area contributed by atoms with Crippen molar-refractivity contribution in [1.29, 1.82) is 0 Å². The molecule has 0 bridgehead atoms. The van der Waals surface area contributed by atoms with Crippen LogP contribution in [0.5, 0.6) is 5.75 Å². The first-order valence-electron chi connectivity index (χ1n) is 11.0. The third-order valence-electron chi connectivity index (χ3n) is 5.89. The van der Waals surface area contributed by atoms with Gasteiger partial charge in [-0.3, -0.25) is 9.48 Å². The van der Waals surface area contributed by atoms with Crippen molar-refractivity contribution in [1.82, 2.24) is 34.8 Å². The van der Waals surface area contributed by atoms with Crippen LogP contribution in [0.25, 0.3) is 28.3 Å². The lowest BCUT2D eigenvalue weighted by molar-refractivity contribution is 0.343. The van der Waals surface area contributed by atoms with Gasteiger partial charge >= 0.3 is 0 Å². The lowest BCUT2D eigenvalue weighted by Gasteiger charge is -2.22. The van der Waals surface area contributed by atoms with E-state index in [1.807, 2.05) is 10.9 Å². The van der Waals surface area contributed by atoms with Crippen LogP contribution in [0.2, 0.25) is 5.02 Å². The molecule has 0 aliphatic carbocycles. The maximum Gasteiger partial charge on any atom is 0.271 e. The van der Waals surface area contributed by atoms with E-state index in [-0.39, 0.29) is 33.7 Å². The third kappa shape index (κ3) is 4.35. The molecule has 0 atom stereocenters. The Bertz CT molecular complexity index is 1450. The molecule has 35 heavy (non-hydrogen) atoms. The molecular formula is C23H22ClFN8O2. The number of methoxy groups -OCH3 is 1. The van der Waals surface area contributed by atoms with Crippen LogP contribution in [-0.4, -0.2) is 49.7 Å². The first-order chi connectivity index (χ1) is 17.0. The van der Waals surface area contributed by atoms with E-state index in [2.05, 4.69) is 25.5 Å². The van der Waals surface area contributed by atoms with Gasteiger partial charge in [-0.25, -0.2) is 14.4 Å². The molecule has 0 amide bonds. The van der Waals surface area contributed by atoms with Crippen LogP contribution in [0.3, 0.4) is 0 Å². The van der Waals surface area contributed by atoms with Gasteiger partial charge in [-0.2, -0.15) is 14.9 Å². The molecule has 180 valence electrons. The van der Waals surface area contributed by atoms with Crippen LogP contribution in [0.1, 0.15) is 18.9 Å². The summed E-state index contributed by atoms with van der Waals surface area (Å²) in [7, 11) is 1.39. The first kappa shape index (κ1) is 22.9. The maximum absolute atomic E-state index is 14.7. The van der Waals surface area contributed by atoms with E-state index in [0.29, 0.717) is 11.7 Å². The molecule has 1 aromatic carbocycles. The smallest absolute Gasteiger partial charge is 0.271 e. The largest absolute Gasteiger partial charge is 0.495 e. The molecule has 0 radical (unpaired) electrons. The molecule has 1 aliphatic rings. The summed E-state index contributed by atoms with van der Waals surface area (Å²) in [6.45, 7) is 1.90. The third-order valence-corrected chi connectivity index (χ3v) is 6.25. The van der Waals surface area contributed by atoms with E-state index in [0.717, 1.165) is 42.2 Å². The fraction of sp³-hybridized carbons (Fsp3) is 0.261. The van der Waals surface area contributed by atoms with Crippen molar-refractivity contribution in [2.75, 3.05) is 25.9 Å². The second-order valence-corrected chi connectivity index (χ2v) is 8.44. The van der Waals surface area contributed by atoms with Crippen molar-refractivity contribution in [3.8, 4) is 34.1 Å². The number of piperidine rings is 1. The lowest BCUT2D eigenvalue weighted by Crippen LogP contribution is -2.29. The lowest BCUT2D eigenvalue weighted by atomic mass is 10.1. The van der Waals surface area contributed by atoms with Gasteiger partial charge in [0.2, 0.25) is 0 Å². The number of benzene rings is 1. The molecule has 5 rings (SSSR count). The Morgan fingerprint density at radius 1 is 1.17 bits per heavy atom. The van der Waals surface area contributed by atoms with Crippen LogP contribution in [0.4, 0.5) is 10.2 Å². The minimum atomic E-state index is -0.735. The predicted octanol–water partition coefficient (Wildman–Crippen LogP) is 2.86. The molecule has 0 unspecified atom stereocenters. The SMILES string of the molecule is COc1ccc(F)c(-n2nc(-c3nc(-c4cnn(C5CCNCC5)c4)cnc3N)ccc2=O)c1Cl. The van der Waals surface area contributed by atoms with Gasteiger partial charge in [-0.1, -0.05) is 11.6 Å². The molecular weight excluding hydrogens is 475 g/mol. The number of nitrogens with one attached hydrogen (secondary N) is 1. The van der Waals surface area contributed by atoms with Gasteiger partial charge in [0.15, 0.2) is 11.6 Å². The number of nitrogens with zero attached hydrogens (tertiary/aromatic N) is 6. The summed E-state index contributed by atoms with van der Waals surface area (Å²) in [5, 5.41) is 12.1. The highest BCUT2D eigenvalue weighted by atomic mass is 35.5. The maximum atomic E-state index is 14.7. The van der Waals surface area contributed by atoms with Crippen molar-refractivity contribution in [2.45, 2.75) is 18.9 Å². The highest BCUT2D eigenvalue weighted by Gasteiger charge is 2.20. The second kappa shape index (κ2) is 9.43. The summed E-state index contributed by atoms with van der Waals surface area (Å²) in [5.74, 6) is -0.427. The van der Waals surface area contributed by atoms with Crippen molar-refractivity contribution < 1.29 is 9.13 Å². The molecule has 0 spiro atoms. The summed E-state index contributed by atoms with van der Waals surface area (Å²) < 4.78 is 22.6. The van der Waals surface area contributed by atoms with E-state index in [9.17, 15) is 9.18 Å². The number of ether oxygens (including phenoxy) is 1. The molecule has 10 nitrogen and oxygen atoms in total. The Morgan fingerprint density at radius 2 is 1.97 bits per heavy atom. The Labute approximate surface area is 204 Å². The predicted molar refractivity (Wildman–Crippen MR) is 129 cm³/mol. The zero-order valence-electron chi connectivity index (χ0n) is 18.8. The first-order valence-corrected chi connectivity index (χ1v) is 11.3. The molecule has 1 saturated heterocycles. The minimum absolute atomic E-state index is 0.0858. The molecule has 0 saturated carbocycles. The Kier molecular flexibility index (Phi) is 6.18. The minimum Gasteiger partial charge on any atom is -0.495 e. The van der Waals surface area contributed by atoms with Gasteiger partial charge in [-0.05, 0) is 44.1 Å². The molecule has 1 fully saturated rings. The van der Waals surface area contributed by atoms with E-state index in [1.54, 1.807) is 12.4 Å². The van der Waals surface area contributed by atoms with E-state index >= 15 is 0 Å². The number of nitrogen functional groups attached to an aromatic ring is 1. The van der Waals surface area contributed by atoms with Crippen molar-refractivity contribution in [2.24, 2.45) is 0 Å². The average molecular weight is 497 g/mol. The second-order valence-electron chi connectivity index (χ2n) is 8.06. The van der Waals surface area contributed by atoms with Crippen LogP contribution >= 0.6 is 11.6 Å². The molecule has 4 aromatic rings. The van der Waals surface area contributed by atoms with Gasteiger partial charge in [0, 0.05) is 17.8 Å². The number of hydrogen-bond donors (Lipinski definition) is 2. The summed E-state index contributed by atoms with van der Waals surface area (Å²) in [6, 6.07) is 5.52.